The second-order valence-electron chi connectivity index (χ2n) is 6.51. The number of nitrogens with zero attached hydrogens (tertiary/aromatic N) is 2. The van der Waals surface area contributed by atoms with Crippen molar-refractivity contribution in [2.75, 3.05) is 6.61 Å². The molecule has 1 saturated heterocycles. The van der Waals surface area contributed by atoms with Gasteiger partial charge in [0.1, 0.15) is 12.4 Å². The molecule has 1 aromatic heterocycles. The van der Waals surface area contributed by atoms with Crippen molar-refractivity contribution < 1.29 is 14.3 Å². The molecule has 1 unspecified atom stereocenters. The van der Waals surface area contributed by atoms with Crippen molar-refractivity contribution in [3.63, 3.8) is 0 Å². The van der Waals surface area contributed by atoms with Gasteiger partial charge in [-0.05, 0) is 43.2 Å². The summed E-state index contributed by atoms with van der Waals surface area (Å²) in [6, 6.07) is 13.9. The van der Waals surface area contributed by atoms with E-state index in [9.17, 15) is 9.59 Å². The fraction of sp³-hybridized carbons (Fsp3) is 0.250. The van der Waals surface area contributed by atoms with Crippen LogP contribution in [0.15, 0.2) is 48.7 Å². The molecule has 1 aliphatic rings. The van der Waals surface area contributed by atoms with Crippen LogP contribution in [-0.4, -0.2) is 32.8 Å². The Morgan fingerprint density at radius 1 is 1.19 bits per heavy atom. The standard InChI is InChI=1S/C20H19N3O3S/c1-13-2-7-17-15(10-13)12-21-23(17)8-9-26-16-5-3-14(4-6-16)11-18-19(24)22-20(25)27-18/h2-7,10,12,18H,8-9,11H2,1H3,(H,22,24,25). The third-order valence-corrected chi connectivity index (χ3v) is 5.46. The van der Waals surface area contributed by atoms with Gasteiger partial charge >= 0.3 is 0 Å². The van der Waals surface area contributed by atoms with E-state index in [-0.39, 0.29) is 16.4 Å². The quantitative estimate of drug-likeness (QED) is 0.709. The highest BCUT2D eigenvalue weighted by Gasteiger charge is 2.31. The number of nitrogens with one attached hydrogen (secondary N) is 1. The van der Waals surface area contributed by atoms with E-state index in [1.165, 1.54) is 5.56 Å². The van der Waals surface area contributed by atoms with Crippen LogP contribution in [0.3, 0.4) is 0 Å². The van der Waals surface area contributed by atoms with Gasteiger partial charge in [-0.3, -0.25) is 19.6 Å². The largest absolute Gasteiger partial charge is 0.492 e. The molecule has 7 heteroatoms. The normalized spacial score (nSPS) is 16.7. The summed E-state index contributed by atoms with van der Waals surface area (Å²) in [4.78, 5) is 22.9. The van der Waals surface area contributed by atoms with E-state index < -0.39 is 0 Å². The summed E-state index contributed by atoms with van der Waals surface area (Å²) in [7, 11) is 0. The van der Waals surface area contributed by atoms with Crippen LogP contribution >= 0.6 is 11.8 Å². The van der Waals surface area contributed by atoms with Crippen LogP contribution in [0, 0.1) is 6.92 Å². The SMILES string of the molecule is Cc1ccc2c(cnn2CCOc2ccc(CC3SC(=O)NC3=O)cc2)c1. The molecule has 6 nitrogen and oxygen atoms in total. The summed E-state index contributed by atoms with van der Waals surface area (Å²) in [6.45, 7) is 3.24. The van der Waals surface area contributed by atoms with Crippen molar-refractivity contribution >= 4 is 33.8 Å². The number of fused-ring (bicyclic) bond motifs is 1. The van der Waals surface area contributed by atoms with Crippen LogP contribution in [0.2, 0.25) is 0 Å². The van der Waals surface area contributed by atoms with E-state index in [1.54, 1.807) is 0 Å². The predicted octanol–water partition coefficient (Wildman–Crippen LogP) is 3.32. The predicted molar refractivity (Wildman–Crippen MR) is 105 cm³/mol. The molecular formula is C20H19N3O3S. The number of hydrogen-bond acceptors (Lipinski definition) is 5. The highest BCUT2D eigenvalue weighted by atomic mass is 32.2. The van der Waals surface area contributed by atoms with Gasteiger partial charge in [-0.2, -0.15) is 5.10 Å². The molecule has 2 amide bonds. The summed E-state index contributed by atoms with van der Waals surface area (Å²) in [5, 5.41) is 7.24. The van der Waals surface area contributed by atoms with Gasteiger partial charge in [-0.25, -0.2) is 0 Å². The Balaban J connectivity index is 1.32. The molecule has 1 aliphatic heterocycles. The van der Waals surface area contributed by atoms with Crippen LogP contribution in [0.5, 0.6) is 5.75 Å². The van der Waals surface area contributed by atoms with Crippen molar-refractivity contribution in [2.45, 2.75) is 25.1 Å². The molecule has 0 spiro atoms. The Kier molecular flexibility index (Phi) is 4.85. The summed E-state index contributed by atoms with van der Waals surface area (Å²) in [5.41, 5.74) is 3.32. The third kappa shape index (κ3) is 3.98. The van der Waals surface area contributed by atoms with Gasteiger partial charge < -0.3 is 4.74 Å². The van der Waals surface area contributed by atoms with Crippen molar-refractivity contribution in [3.05, 3.63) is 59.8 Å². The molecule has 0 saturated carbocycles. The first-order chi connectivity index (χ1) is 13.1. The lowest BCUT2D eigenvalue weighted by Gasteiger charge is -2.09. The van der Waals surface area contributed by atoms with Crippen molar-refractivity contribution in [3.8, 4) is 5.75 Å². The number of hydrogen-bond donors (Lipinski definition) is 1. The van der Waals surface area contributed by atoms with Crippen LogP contribution in [0.4, 0.5) is 4.79 Å². The van der Waals surface area contributed by atoms with Gasteiger partial charge in [0.2, 0.25) is 5.91 Å². The highest BCUT2D eigenvalue weighted by Crippen LogP contribution is 2.24. The number of rotatable bonds is 6. The van der Waals surface area contributed by atoms with Crippen LogP contribution in [0.25, 0.3) is 10.9 Å². The topological polar surface area (TPSA) is 73.2 Å². The monoisotopic (exact) mass is 381 g/mol. The minimum atomic E-state index is -0.346. The maximum Gasteiger partial charge on any atom is 0.286 e. The van der Waals surface area contributed by atoms with E-state index >= 15 is 0 Å². The summed E-state index contributed by atoms with van der Waals surface area (Å²) in [5.74, 6) is 0.553. The summed E-state index contributed by atoms with van der Waals surface area (Å²) in [6.07, 6.45) is 2.40. The molecule has 0 bridgehead atoms. The number of benzene rings is 2. The number of amides is 2. The van der Waals surface area contributed by atoms with Crippen LogP contribution in [-0.2, 0) is 17.8 Å². The van der Waals surface area contributed by atoms with Crippen molar-refractivity contribution in [2.24, 2.45) is 0 Å². The first-order valence-corrected chi connectivity index (χ1v) is 9.62. The summed E-state index contributed by atoms with van der Waals surface area (Å²) < 4.78 is 7.76. The maximum absolute atomic E-state index is 11.6. The third-order valence-electron chi connectivity index (χ3n) is 4.48. The van der Waals surface area contributed by atoms with Gasteiger partial charge in [0.25, 0.3) is 5.24 Å². The molecule has 27 heavy (non-hydrogen) atoms. The smallest absolute Gasteiger partial charge is 0.286 e. The lowest BCUT2D eigenvalue weighted by molar-refractivity contribution is -0.118. The number of aryl methyl sites for hydroxylation is 1. The van der Waals surface area contributed by atoms with E-state index in [0.29, 0.717) is 19.6 Å². The minimum absolute atomic E-state index is 0.216. The zero-order valence-corrected chi connectivity index (χ0v) is 15.7. The second-order valence-corrected chi connectivity index (χ2v) is 7.69. The molecule has 1 N–H and O–H groups in total. The Morgan fingerprint density at radius 3 is 2.74 bits per heavy atom. The number of ether oxygens (including phenoxy) is 1. The Bertz CT molecular complexity index is 997. The van der Waals surface area contributed by atoms with Gasteiger partial charge in [0.15, 0.2) is 0 Å². The minimum Gasteiger partial charge on any atom is -0.492 e. The lowest BCUT2D eigenvalue weighted by atomic mass is 10.1. The molecular weight excluding hydrogens is 362 g/mol. The molecule has 1 fully saturated rings. The fourth-order valence-corrected chi connectivity index (χ4v) is 3.96. The molecule has 4 rings (SSSR count). The fourth-order valence-electron chi connectivity index (χ4n) is 3.10. The average molecular weight is 381 g/mol. The van der Waals surface area contributed by atoms with Gasteiger partial charge in [-0.15, -0.1) is 0 Å². The number of carbonyl (C=O) groups excluding carboxylic acids is 2. The number of aromatic nitrogens is 2. The van der Waals surface area contributed by atoms with E-state index in [4.69, 9.17) is 4.74 Å². The summed E-state index contributed by atoms with van der Waals surface area (Å²) >= 11 is 1.05. The molecule has 0 aliphatic carbocycles. The van der Waals surface area contributed by atoms with Crippen LogP contribution in [0.1, 0.15) is 11.1 Å². The molecule has 3 aromatic rings. The maximum atomic E-state index is 11.6. The highest BCUT2D eigenvalue weighted by molar-refractivity contribution is 8.15. The van der Waals surface area contributed by atoms with Crippen molar-refractivity contribution in [1.82, 2.24) is 15.1 Å². The number of thioether (sulfide) groups is 1. The van der Waals surface area contributed by atoms with Gasteiger partial charge in [0, 0.05) is 5.39 Å². The van der Waals surface area contributed by atoms with E-state index in [2.05, 4.69) is 35.5 Å². The van der Waals surface area contributed by atoms with E-state index in [0.717, 1.165) is 34.0 Å². The molecule has 1 atom stereocenters. The van der Waals surface area contributed by atoms with E-state index in [1.807, 2.05) is 35.1 Å². The molecule has 0 radical (unpaired) electrons. The Hall–Kier alpha value is -2.80. The van der Waals surface area contributed by atoms with Gasteiger partial charge in [-0.1, -0.05) is 35.5 Å². The molecule has 2 aromatic carbocycles. The van der Waals surface area contributed by atoms with Gasteiger partial charge in [0.05, 0.1) is 23.5 Å². The zero-order chi connectivity index (χ0) is 18.8. The molecule has 2 heterocycles. The first-order valence-electron chi connectivity index (χ1n) is 8.74. The zero-order valence-electron chi connectivity index (χ0n) is 14.8. The second kappa shape index (κ2) is 7.44. The first kappa shape index (κ1) is 17.6. The Morgan fingerprint density at radius 2 is 2.00 bits per heavy atom. The number of imide groups is 1. The lowest BCUT2D eigenvalue weighted by Crippen LogP contribution is -2.25. The Labute approximate surface area is 160 Å². The van der Waals surface area contributed by atoms with Crippen molar-refractivity contribution in [1.29, 1.82) is 0 Å². The molecule has 138 valence electrons. The number of carbonyl (C=O) groups is 2. The average Bonchev–Trinajstić information content (AvgIpc) is 3.18. The van der Waals surface area contributed by atoms with Crippen LogP contribution < -0.4 is 10.1 Å².